The minimum Gasteiger partial charge on any atom is -0.363 e. The first kappa shape index (κ1) is 15.8. The molecule has 0 saturated heterocycles. The van der Waals surface area contributed by atoms with Crippen LogP contribution in [-0.4, -0.2) is 47.1 Å². The van der Waals surface area contributed by atoms with Crippen LogP contribution in [0.5, 0.6) is 0 Å². The summed E-state index contributed by atoms with van der Waals surface area (Å²) in [4.78, 5) is 25.5. The number of amides is 2. The van der Waals surface area contributed by atoms with Crippen LogP contribution in [0.1, 0.15) is 11.7 Å². The van der Waals surface area contributed by atoms with E-state index in [1.807, 2.05) is 48.9 Å². The van der Waals surface area contributed by atoms with Gasteiger partial charge >= 0.3 is 11.8 Å². The number of aryl methyl sites for hydroxylation is 1. The van der Waals surface area contributed by atoms with Crippen molar-refractivity contribution in [3.05, 3.63) is 36.4 Å². The van der Waals surface area contributed by atoms with Crippen LogP contribution in [0.4, 0.5) is 5.82 Å². The van der Waals surface area contributed by atoms with Gasteiger partial charge in [0.05, 0.1) is 6.04 Å². The van der Waals surface area contributed by atoms with Gasteiger partial charge in [-0.05, 0) is 26.2 Å². The molecule has 0 saturated carbocycles. The number of anilines is 1. The normalized spacial score (nSPS) is 12.2. The zero-order valence-electron chi connectivity index (χ0n) is 12.7. The maximum atomic E-state index is 11.8. The summed E-state index contributed by atoms with van der Waals surface area (Å²) in [5, 5.41) is 8.49. The molecule has 0 unspecified atom stereocenters. The van der Waals surface area contributed by atoms with Crippen LogP contribution in [0.3, 0.4) is 0 Å². The number of likely N-dealkylation sites (N-methyl/N-ethyl adjacent to an activating group) is 1. The van der Waals surface area contributed by atoms with Crippen LogP contribution in [0.15, 0.2) is 35.2 Å². The maximum Gasteiger partial charge on any atom is 0.314 e. The van der Waals surface area contributed by atoms with Gasteiger partial charge in [-0.25, -0.2) is 0 Å². The van der Waals surface area contributed by atoms with Crippen LogP contribution in [-0.2, 0) is 16.6 Å². The summed E-state index contributed by atoms with van der Waals surface area (Å²) in [5.74, 6) is -1.30. The number of hydrogen-bond acceptors (Lipinski definition) is 5. The smallest absolute Gasteiger partial charge is 0.314 e. The second-order valence-electron chi connectivity index (χ2n) is 5.07. The predicted octanol–water partition coefficient (Wildman–Crippen LogP) is 0.371. The van der Waals surface area contributed by atoms with E-state index in [9.17, 15) is 9.59 Å². The zero-order chi connectivity index (χ0) is 16.1. The summed E-state index contributed by atoms with van der Waals surface area (Å²) < 4.78 is 6.56. The zero-order valence-corrected chi connectivity index (χ0v) is 12.7. The Balaban J connectivity index is 1.93. The SMILES string of the molecule is CN(C)[C@@H](CNC(=O)C(=O)Nc1ccon1)c1cccn1C. The maximum absolute atomic E-state index is 11.8. The Morgan fingerprint density at radius 3 is 2.68 bits per heavy atom. The molecule has 0 spiro atoms. The van der Waals surface area contributed by atoms with Crippen LogP contribution >= 0.6 is 0 Å². The Bertz CT molecular complexity index is 633. The van der Waals surface area contributed by atoms with Crippen LogP contribution < -0.4 is 10.6 Å². The average Bonchev–Trinajstić information content (AvgIpc) is 3.11. The number of carbonyl (C=O) groups is 2. The standard InChI is InChI=1S/C14H19N5O3/c1-18(2)11(10-5-4-7-19(10)3)9-15-13(20)14(21)16-12-6-8-22-17-12/h4-8,11H,9H2,1-3H3,(H,15,20)(H,16,17,21)/t11-/m0/s1. The van der Waals surface area contributed by atoms with Crippen molar-refractivity contribution < 1.29 is 14.1 Å². The van der Waals surface area contributed by atoms with Gasteiger partial charge < -0.3 is 14.4 Å². The molecule has 2 N–H and O–H groups in total. The highest BCUT2D eigenvalue weighted by atomic mass is 16.5. The fraction of sp³-hybridized carbons (Fsp3) is 0.357. The Hall–Kier alpha value is -2.61. The van der Waals surface area contributed by atoms with Crippen molar-refractivity contribution in [3.8, 4) is 0 Å². The molecule has 2 rings (SSSR count). The predicted molar refractivity (Wildman–Crippen MR) is 80.0 cm³/mol. The van der Waals surface area contributed by atoms with Gasteiger partial charge in [0.25, 0.3) is 0 Å². The first-order valence-electron chi connectivity index (χ1n) is 6.76. The van der Waals surface area contributed by atoms with E-state index >= 15 is 0 Å². The lowest BCUT2D eigenvalue weighted by Gasteiger charge is -2.25. The Kier molecular flexibility index (Phi) is 4.95. The van der Waals surface area contributed by atoms with Gasteiger partial charge in [-0.2, -0.15) is 0 Å². The van der Waals surface area contributed by atoms with E-state index in [2.05, 4.69) is 20.3 Å². The Morgan fingerprint density at radius 1 is 1.36 bits per heavy atom. The average molecular weight is 305 g/mol. The molecule has 0 radical (unpaired) electrons. The van der Waals surface area contributed by atoms with E-state index in [-0.39, 0.29) is 11.9 Å². The van der Waals surface area contributed by atoms with E-state index < -0.39 is 11.8 Å². The van der Waals surface area contributed by atoms with Crippen molar-refractivity contribution in [1.82, 2.24) is 19.9 Å². The van der Waals surface area contributed by atoms with E-state index in [0.717, 1.165) is 5.69 Å². The van der Waals surface area contributed by atoms with E-state index in [0.29, 0.717) is 6.54 Å². The summed E-state index contributed by atoms with van der Waals surface area (Å²) in [6.07, 6.45) is 3.25. The fourth-order valence-corrected chi connectivity index (χ4v) is 2.09. The van der Waals surface area contributed by atoms with Gasteiger partial charge in [0.15, 0.2) is 5.82 Å². The molecule has 0 aromatic carbocycles. The number of nitrogens with zero attached hydrogens (tertiary/aromatic N) is 3. The van der Waals surface area contributed by atoms with Gasteiger partial charge in [0, 0.05) is 31.5 Å². The molecule has 2 heterocycles. The summed E-state index contributed by atoms with van der Waals surface area (Å²) >= 11 is 0. The molecule has 0 fully saturated rings. The van der Waals surface area contributed by atoms with Crippen LogP contribution in [0, 0.1) is 0 Å². The first-order valence-corrected chi connectivity index (χ1v) is 6.76. The molecule has 0 aliphatic heterocycles. The number of nitrogens with one attached hydrogen (secondary N) is 2. The van der Waals surface area contributed by atoms with Gasteiger partial charge in [0.1, 0.15) is 6.26 Å². The summed E-state index contributed by atoms with van der Waals surface area (Å²) in [6.45, 7) is 0.315. The molecule has 2 amide bonds. The summed E-state index contributed by atoms with van der Waals surface area (Å²) in [7, 11) is 5.77. The molecule has 8 nitrogen and oxygen atoms in total. The van der Waals surface area contributed by atoms with E-state index in [1.165, 1.54) is 12.3 Å². The van der Waals surface area contributed by atoms with E-state index in [1.54, 1.807) is 0 Å². The molecule has 8 heteroatoms. The van der Waals surface area contributed by atoms with Gasteiger partial charge in [-0.15, -0.1) is 0 Å². The number of hydrogen-bond donors (Lipinski definition) is 2. The van der Waals surface area contributed by atoms with Crippen molar-refractivity contribution in [2.75, 3.05) is 26.0 Å². The van der Waals surface area contributed by atoms with Crippen LogP contribution in [0.2, 0.25) is 0 Å². The summed E-state index contributed by atoms with van der Waals surface area (Å²) in [6, 6.07) is 5.33. The molecular formula is C14H19N5O3. The first-order chi connectivity index (χ1) is 10.5. The van der Waals surface area contributed by atoms with Crippen molar-refractivity contribution >= 4 is 17.6 Å². The molecule has 0 aliphatic carbocycles. The van der Waals surface area contributed by atoms with Gasteiger partial charge in [0.2, 0.25) is 0 Å². The molecule has 2 aromatic heterocycles. The number of carbonyl (C=O) groups excluding carboxylic acids is 2. The second-order valence-corrected chi connectivity index (χ2v) is 5.07. The molecular weight excluding hydrogens is 286 g/mol. The number of aromatic nitrogens is 2. The molecule has 0 aliphatic rings. The molecule has 0 bridgehead atoms. The van der Waals surface area contributed by atoms with Crippen molar-refractivity contribution in [3.63, 3.8) is 0 Å². The lowest BCUT2D eigenvalue weighted by Crippen LogP contribution is -2.40. The molecule has 2 aromatic rings. The lowest BCUT2D eigenvalue weighted by atomic mass is 10.2. The molecule has 1 atom stereocenters. The third-order valence-electron chi connectivity index (χ3n) is 3.29. The minimum atomic E-state index is -0.779. The van der Waals surface area contributed by atoms with Gasteiger partial charge in [-0.1, -0.05) is 5.16 Å². The quantitative estimate of drug-likeness (QED) is 0.779. The summed E-state index contributed by atoms with van der Waals surface area (Å²) in [5.41, 5.74) is 1.04. The molecule has 22 heavy (non-hydrogen) atoms. The topological polar surface area (TPSA) is 92.4 Å². The van der Waals surface area contributed by atoms with Gasteiger partial charge in [-0.3, -0.25) is 19.8 Å². The third-order valence-corrected chi connectivity index (χ3v) is 3.29. The highest BCUT2D eigenvalue weighted by molar-refractivity contribution is 6.39. The number of rotatable bonds is 5. The monoisotopic (exact) mass is 305 g/mol. The Morgan fingerprint density at radius 2 is 2.14 bits per heavy atom. The fourth-order valence-electron chi connectivity index (χ4n) is 2.09. The third kappa shape index (κ3) is 3.73. The minimum absolute atomic E-state index is 0.0381. The largest absolute Gasteiger partial charge is 0.363 e. The Labute approximate surface area is 128 Å². The van der Waals surface area contributed by atoms with Crippen molar-refractivity contribution in [2.45, 2.75) is 6.04 Å². The highest BCUT2D eigenvalue weighted by Gasteiger charge is 2.20. The lowest BCUT2D eigenvalue weighted by molar-refractivity contribution is -0.136. The molecule has 118 valence electrons. The second kappa shape index (κ2) is 6.90. The van der Waals surface area contributed by atoms with E-state index in [4.69, 9.17) is 0 Å². The van der Waals surface area contributed by atoms with Crippen molar-refractivity contribution in [2.24, 2.45) is 7.05 Å². The highest BCUT2D eigenvalue weighted by Crippen LogP contribution is 2.17. The van der Waals surface area contributed by atoms with Crippen molar-refractivity contribution in [1.29, 1.82) is 0 Å². The van der Waals surface area contributed by atoms with Crippen LogP contribution in [0.25, 0.3) is 0 Å².